The van der Waals surface area contributed by atoms with Crippen molar-refractivity contribution in [3.8, 4) is 5.75 Å². The molecule has 1 aliphatic heterocycles. The molecular formula is C18H30N2O. The van der Waals surface area contributed by atoms with Crippen molar-refractivity contribution in [1.29, 1.82) is 0 Å². The number of unbranched alkanes of at least 4 members (excludes halogenated alkanes) is 2. The van der Waals surface area contributed by atoms with Gasteiger partial charge in [0.05, 0.1) is 6.61 Å². The molecule has 1 heterocycles. The number of nitrogens with zero attached hydrogens (tertiary/aromatic N) is 1. The van der Waals surface area contributed by atoms with Crippen LogP contribution in [0.25, 0.3) is 0 Å². The highest BCUT2D eigenvalue weighted by molar-refractivity contribution is 5.29. The second-order valence-electron chi connectivity index (χ2n) is 5.96. The zero-order chi connectivity index (χ0) is 14.9. The molecule has 1 fully saturated rings. The Morgan fingerprint density at radius 3 is 2.48 bits per heavy atom. The summed E-state index contributed by atoms with van der Waals surface area (Å²) < 4.78 is 5.79. The van der Waals surface area contributed by atoms with Crippen LogP contribution in [0.2, 0.25) is 0 Å². The van der Waals surface area contributed by atoms with Gasteiger partial charge in [0.25, 0.3) is 0 Å². The highest BCUT2D eigenvalue weighted by Crippen LogP contribution is 2.28. The molecule has 21 heavy (non-hydrogen) atoms. The number of rotatable bonds is 9. The van der Waals surface area contributed by atoms with E-state index < -0.39 is 0 Å². The summed E-state index contributed by atoms with van der Waals surface area (Å²) in [4.78, 5) is 2.57. The van der Waals surface area contributed by atoms with E-state index in [9.17, 15) is 0 Å². The van der Waals surface area contributed by atoms with Gasteiger partial charge in [-0.1, -0.05) is 31.9 Å². The molecule has 118 valence electrons. The molecule has 1 atom stereocenters. The monoisotopic (exact) mass is 290 g/mol. The summed E-state index contributed by atoms with van der Waals surface area (Å²) in [7, 11) is 0. The zero-order valence-corrected chi connectivity index (χ0v) is 13.4. The van der Waals surface area contributed by atoms with Crippen LogP contribution in [0, 0.1) is 0 Å². The van der Waals surface area contributed by atoms with Crippen molar-refractivity contribution < 1.29 is 4.74 Å². The third kappa shape index (κ3) is 5.01. The molecule has 2 rings (SSSR count). The molecular weight excluding hydrogens is 260 g/mol. The molecule has 2 N–H and O–H groups in total. The minimum absolute atomic E-state index is 0.478. The van der Waals surface area contributed by atoms with Gasteiger partial charge in [-0.3, -0.25) is 4.90 Å². The van der Waals surface area contributed by atoms with Crippen molar-refractivity contribution in [2.45, 2.75) is 51.5 Å². The number of hydrogen-bond donors (Lipinski definition) is 1. The van der Waals surface area contributed by atoms with E-state index in [1.165, 1.54) is 44.3 Å². The third-order valence-electron chi connectivity index (χ3n) is 4.30. The molecule has 0 aliphatic carbocycles. The average molecular weight is 290 g/mol. The molecule has 1 aromatic rings. The lowest BCUT2D eigenvalue weighted by Gasteiger charge is -2.27. The van der Waals surface area contributed by atoms with Crippen molar-refractivity contribution >= 4 is 0 Å². The molecule has 1 aromatic carbocycles. The van der Waals surface area contributed by atoms with E-state index in [0.29, 0.717) is 6.04 Å². The van der Waals surface area contributed by atoms with E-state index >= 15 is 0 Å². The van der Waals surface area contributed by atoms with Crippen LogP contribution >= 0.6 is 0 Å². The van der Waals surface area contributed by atoms with Gasteiger partial charge < -0.3 is 10.5 Å². The van der Waals surface area contributed by atoms with Gasteiger partial charge in [-0.25, -0.2) is 0 Å². The number of hydrogen-bond acceptors (Lipinski definition) is 3. The highest BCUT2D eigenvalue weighted by atomic mass is 16.5. The molecule has 3 nitrogen and oxygen atoms in total. The number of nitrogens with two attached hydrogens (primary N) is 1. The van der Waals surface area contributed by atoms with Crippen LogP contribution in [-0.2, 0) is 0 Å². The molecule has 0 spiro atoms. The Morgan fingerprint density at radius 1 is 1.14 bits per heavy atom. The fourth-order valence-corrected chi connectivity index (χ4v) is 3.10. The quantitative estimate of drug-likeness (QED) is 0.704. The van der Waals surface area contributed by atoms with Crippen LogP contribution in [0.4, 0.5) is 0 Å². The molecule has 1 saturated heterocycles. The Morgan fingerprint density at radius 2 is 1.86 bits per heavy atom. The van der Waals surface area contributed by atoms with Crippen molar-refractivity contribution in [2.24, 2.45) is 5.73 Å². The first-order valence-electron chi connectivity index (χ1n) is 8.52. The maximum Gasteiger partial charge on any atom is 0.119 e. The van der Waals surface area contributed by atoms with Gasteiger partial charge in [0.1, 0.15) is 5.75 Å². The number of likely N-dealkylation sites (tertiary alicyclic amines) is 1. The molecule has 0 amide bonds. The molecule has 0 aromatic heterocycles. The van der Waals surface area contributed by atoms with Gasteiger partial charge in [0.2, 0.25) is 0 Å². The van der Waals surface area contributed by atoms with Gasteiger partial charge in [-0.15, -0.1) is 0 Å². The zero-order valence-electron chi connectivity index (χ0n) is 13.4. The average Bonchev–Trinajstić information content (AvgIpc) is 3.04. The minimum Gasteiger partial charge on any atom is -0.494 e. The largest absolute Gasteiger partial charge is 0.494 e. The fourth-order valence-electron chi connectivity index (χ4n) is 3.10. The SMILES string of the molecule is CCCCCOc1ccc(C(CCN)N2CCCC2)cc1. The van der Waals surface area contributed by atoms with Crippen LogP contribution in [0.15, 0.2) is 24.3 Å². The summed E-state index contributed by atoms with van der Waals surface area (Å²) in [6.45, 7) is 6.20. The third-order valence-corrected chi connectivity index (χ3v) is 4.30. The minimum atomic E-state index is 0.478. The van der Waals surface area contributed by atoms with Gasteiger partial charge in [0, 0.05) is 6.04 Å². The normalized spacial score (nSPS) is 17.0. The second-order valence-corrected chi connectivity index (χ2v) is 5.96. The Hall–Kier alpha value is -1.06. The number of benzene rings is 1. The lowest BCUT2D eigenvalue weighted by Crippen LogP contribution is -2.27. The van der Waals surface area contributed by atoms with Crippen molar-refractivity contribution in [1.82, 2.24) is 4.90 Å². The lowest BCUT2D eigenvalue weighted by molar-refractivity contribution is 0.235. The standard InChI is InChI=1S/C18H30N2O/c1-2-3-6-15-21-17-9-7-16(8-10-17)18(11-12-19)20-13-4-5-14-20/h7-10,18H,2-6,11-15,19H2,1H3. The molecule has 1 unspecified atom stereocenters. The predicted octanol–water partition coefficient (Wildman–Crippen LogP) is 3.74. The molecule has 0 saturated carbocycles. The van der Waals surface area contributed by atoms with Crippen LogP contribution in [-0.4, -0.2) is 31.1 Å². The van der Waals surface area contributed by atoms with Crippen LogP contribution in [0.3, 0.4) is 0 Å². The molecule has 0 bridgehead atoms. The van der Waals surface area contributed by atoms with E-state index in [1.807, 2.05) is 0 Å². The Balaban J connectivity index is 1.91. The Kier molecular flexibility index (Phi) is 7.04. The predicted molar refractivity (Wildman–Crippen MR) is 88.7 cm³/mol. The van der Waals surface area contributed by atoms with E-state index in [4.69, 9.17) is 10.5 Å². The van der Waals surface area contributed by atoms with Gasteiger partial charge in [-0.05, 0) is 63.0 Å². The molecule has 0 radical (unpaired) electrons. The first-order chi connectivity index (χ1) is 10.3. The lowest BCUT2D eigenvalue weighted by atomic mass is 10.0. The Bertz CT molecular complexity index is 385. The highest BCUT2D eigenvalue weighted by Gasteiger charge is 2.22. The van der Waals surface area contributed by atoms with E-state index in [2.05, 4.69) is 36.1 Å². The maximum atomic E-state index is 5.81. The summed E-state index contributed by atoms with van der Waals surface area (Å²) in [5, 5.41) is 0. The maximum absolute atomic E-state index is 5.81. The molecule has 3 heteroatoms. The van der Waals surface area contributed by atoms with Crippen molar-refractivity contribution in [3.05, 3.63) is 29.8 Å². The number of ether oxygens (including phenoxy) is 1. The van der Waals surface area contributed by atoms with Crippen LogP contribution < -0.4 is 10.5 Å². The van der Waals surface area contributed by atoms with Gasteiger partial charge in [0.15, 0.2) is 0 Å². The van der Waals surface area contributed by atoms with E-state index in [1.54, 1.807) is 0 Å². The summed E-state index contributed by atoms with van der Waals surface area (Å²) >= 11 is 0. The molecule has 1 aliphatic rings. The van der Waals surface area contributed by atoms with E-state index in [0.717, 1.165) is 31.7 Å². The van der Waals surface area contributed by atoms with E-state index in [-0.39, 0.29) is 0 Å². The fraction of sp³-hybridized carbons (Fsp3) is 0.667. The summed E-state index contributed by atoms with van der Waals surface area (Å²) in [6.07, 6.45) is 7.29. The first-order valence-corrected chi connectivity index (χ1v) is 8.52. The van der Waals surface area contributed by atoms with Crippen LogP contribution in [0.5, 0.6) is 5.75 Å². The first kappa shape index (κ1) is 16.3. The van der Waals surface area contributed by atoms with Gasteiger partial charge >= 0.3 is 0 Å². The summed E-state index contributed by atoms with van der Waals surface area (Å²) in [5.74, 6) is 0.989. The summed E-state index contributed by atoms with van der Waals surface area (Å²) in [6, 6.07) is 9.13. The van der Waals surface area contributed by atoms with Gasteiger partial charge in [-0.2, -0.15) is 0 Å². The summed E-state index contributed by atoms with van der Waals surface area (Å²) in [5.41, 5.74) is 7.19. The topological polar surface area (TPSA) is 38.5 Å². The van der Waals surface area contributed by atoms with Crippen LogP contribution in [0.1, 0.15) is 57.1 Å². The second kappa shape index (κ2) is 9.06. The van der Waals surface area contributed by atoms with Crippen molar-refractivity contribution in [2.75, 3.05) is 26.2 Å². The Labute approximate surface area is 129 Å². The van der Waals surface area contributed by atoms with Crippen molar-refractivity contribution in [3.63, 3.8) is 0 Å². The smallest absolute Gasteiger partial charge is 0.119 e.